The molecule has 0 aliphatic rings. The van der Waals surface area contributed by atoms with Crippen LogP contribution in [0.2, 0.25) is 0 Å². The molecule has 4 heteroatoms. The lowest BCUT2D eigenvalue weighted by atomic mass is 10.2. The molecule has 0 aromatic carbocycles. The predicted octanol–water partition coefficient (Wildman–Crippen LogP) is 0.456. The van der Waals surface area contributed by atoms with Crippen LogP contribution in [0.5, 0.6) is 0 Å². The van der Waals surface area contributed by atoms with E-state index >= 15 is 0 Å². The van der Waals surface area contributed by atoms with Crippen molar-refractivity contribution in [3.8, 4) is 6.07 Å². The van der Waals surface area contributed by atoms with Crippen LogP contribution < -0.4 is 5.32 Å². The predicted molar refractivity (Wildman–Crippen MR) is 57.1 cm³/mol. The van der Waals surface area contributed by atoms with Crippen molar-refractivity contribution in [1.82, 2.24) is 10.2 Å². The van der Waals surface area contributed by atoms with E-state index in [1.165, 1.54) is 0 Å². The molecule has 0 fully saturated rings. The maximum atomic E-state index is 8.44. The van der Waals surface area contributed by atoms with Gasteiger partial charge in [0.05, 0.1) is 19.1 Å². The Kier molecular flexibility index (Phi) is 8.54. The minimum atomic E-state index is 0.288. The lowest BCUT2D eigenvalue weighted by Gasteiger charge is -2.17. The zero-order chi connectivity index (χ0) is 10.8. The third-order valence-electron chi connectivity index (χ3n) is 2.06. The molecule has 0 aromatic rings. The van der Waals surface area contributed by atoms with E-state index in [9.17, 15) is 0 Å². The molecular weight excluding hydrogens is 178 g/mol. The van der Waals surface area contributed by atoms with E-state index in [0.717, 1.165) is 26.2 Å². The Morgan fingerprint density at radius 1 is 1.50 bits per heavy atom. The maximum absolute atomic E-state index is 8.44. The molecule has 0 bridgehead atoms. The molecule has 0 amide bonds. The van der Waals surface area contributed by atoms with Crippen molar-refractivity contribution in [2.24, 2.45) is 0 Å². The molecule has 0 aliphatic carbocycles. The molecule has 4 nitrogen and oxygen atoms in total. The molecule has 0 heterocycles. The lowest BCUT2D eigenvalue weighted by molar-refractivity contribution is 0.161. The number of hydrogen-bond acceptors (Lipinski definition) is 4. The Labute approximate surface area is 86.8 Å². The number of nitrogens with one attached hydrogen (secondary N) is 1. The molecule has 0 aromatic heterocycles. The van der Waals surface area contributed by atoms with E-state index in [2.05, 4.69) is 23.3 Å². The van der Waals surface area contributed by atoms with Crippen LogP contribution >= 0.6 is 0 Å². The van der Waals surface area contributed by atoms with Crippen molar-refractivity contribution < 1.29 is 4.74 Å². The van der Waals surface area contributed by atoms with Crippen LogP contribution in [0, 0.1) is 11.3 Å². The van der Waals surface area contributed by atoms with Crippen LogP contribution in [0.4, 0.5) is 0 Å². The third-order valence-corrected chi connectivity index (χ3v) is 2.06. The average molecular weight is 199 g/mol. The second-order valence-corrected chi connectivity index (χ2v) is 3.51. The van der Waals surface area contributed by atoms with Crippen LogP contribution in [-0.4, -0.2) is 51.3 Å². The standard InChI is InChI=1S/C10H21N3O/c1-10(4-5-11)12-6-7-13(2)8-9-14-3/h10,12H,4,6-9H2,1-3H3. The van der Waals surface area contributed by atoms with Gasteiger partial charge in [0, 0.05) is 32.8 Å². The second-order valence-electron chi connectivity index (χ2n) is 3.51. The lowest BCUT2D eigenvalue weighted by Crippen LogP contribution is -2.35. The van der Waals surface area contributed by atoms with Gasteiger partial charge in [-0.3, -0.25) is 0 Å². The number of likely N-dealkylation sites (N-methyl/N-ethyl adjacent to an activating group) is 1. The second kappa shape index (κ2) is 8.95. The smallest absolute Gasteiger partial charge is 0.0638 e. The molecule has 0 spiro atoms. The fourth-order valence-corrected chi connectivity index (χ4v) is 1.07. The monoisotopic (exact) mass is 199 g/mol. The van der Waals surface area contributed by atoms with E-state index < -0.39 is 0 Å². The van der Waals surface area contributed by atoms with Gasteiger partial charge in [0.1, 0.15) is 0 Å². The highest BCUT2D eigenvalue weighted by Crippen LogP contribution is 1.87. The highest BCUT2D eigenvalue weighted by atomic mass is 16.5. The molecule has 0 radical (unpaired) electrons. The third kappa shape index (κ3) is 7.99. The summed E-state index contributed by atoms with van der Waals surface area (Å²) in [5.41, 5.74) is 0. The first-order valence-corrected chi connectivity index (χ1v) is 4.98. The van der Waals surface area contributed by atoms with Gasteiger partial charge in [-0.1, -0.05) is 0 Å². The Morgan fingerprint density at radius 3 is 2.79 bits per heavy atom. The van der Waals surface area contributed by atoms with Crippen molar-refractivity contribution in [3.05, 3.63) is 0 Å². The van der Waals surface area contributed by atoms with Crippen LogP contribution in [0.1, 0.15) is 13.3 Å². The van der Waals surface area contributed by atoms with Gasteiger partial charge in [0.25, 0.3) is 0 Å². The molecule has 1 N–H and O–H groups in total. The summed E-state index contributed by atoms with van der Waals surface area (Å²) in [5, 5.41) is 11.7. The molecule has 0 aliphatic heterocycles. The largest absolute Gasteiger partial charge is 0.383 e. The van der Waals surface area contributed by atoms with Crippen molar-refractivity contribution in [3.63, 3.8) is 0 Å². The minimum Gasteiger partial charge on any atom is -0.383 e. The molecule has 1 atom stereocenters. The first kappa shape index (κ1) is 13.4. The van der Waals surface area contributed by atoms with Gasteiger partial charge in [-0.25, -0.2) is 0 Å². The number of nitriles is 1. The zero-order valence-corrected chi connectivity index (χ0v) is 9.42. The molecule has 0 saturated carbocycles. The molecular formula is C10H21N3O. The van der Waals surface area contributed by atoms with Gasteiger partial charge in [-0.2, -0.15) is 5.26 Å². The maximum Gasteiger partial charge on any atom is 0.0638 e. The van der Waals surface area contributed by atoms with E-state index in [0.29, 0.717) is 6.42 Å². The fraction of sp³-hybridized carbons (Fsp3) is 0.900. The van der Waals surface area contributed by atoms with Gasteiger partial charge in [-0.15, -0.1) is 0 Å². The number of rotatable bonds is 8. The number of hydrogen-bond donors (Lipinski definition) is 1. The van der Waals surface area contributed by atoms with E-state index in [1.54, 1.807) is 7.11 Å². The molecule has 82 valence electrons. The van der Waals surface area contributed by atoms with Crippen molar-refractivity contribution >= 4 is 0 Å². The number of ether oxygens (including phenoxy) is 1. The Morgan fingerprint density at radius 2 is 2.21 bits per heavy atom. The van der Waals surface area contributed by atoms with Gasteiger partial charge in [-0.05, 0) is 14.0 Å². The molecule has 14 heavy (non-hydrogen) atoms. The van der Waals surface area contributed by atoms with Crippen molar-refractivity contribution in [2.45, 2.75) is 19.4 Å². The molecule has 0 saturated heterocycles. The Hall–Kier alpha value is -0.630. The Balaban J connectivity index is 3.30. The van der Waals surface area contributed by atoms with Gasteiger partial charge >= 0.3 is 0 Å². The van der Waals surface area contributed by atoms with Gasteiger partial charge in [0.15, 0.2) is 0 Å². The summed E-state index contributed by atoms with van der Waals surface area (Å²) >= 11 is 0. The fourth-order valence-electron chi connectivity index (χ4n) is 1.07. The van der Waals surface area contributed by atoms with E-state index in [-0.39, 0.29) is 6.04 Å². The number of methoxy groups -OCH3 is 1. The van der Waals surface area contributed by atoms with Gasteiger partial charge in [0.2, 0.25) is 0 Å². The summed E-state index contributed by atoms with van der Waals surface area (Å²) in [5.74, 6) is 0. The average Bonchev–Trinajstić information content (AvgIpc) is 2.15. The topological polar surface area (TPSA) is 48.3 Å². The number of nitrogens with zero attached hydrogens (tertiary/aromatic N) is 2. The SMILES string of the molecule is COCCN(C)CCNC(C)CC#N. The van der Waals surface area contributed by atoms with Crippen LogP contribution in [-0.2, 0) is 4.74 Å². The van der Waals surface area contributed by atoms with Crippen molar-refractivity contribution in [2.75, 3.05) is 40.4 Å². The van der Waals surface area contributed by atoms with Crippen LogP contribution in [0.3, 0.4) is 0 Å². The zero-order valence-electron chi connectivity index (χ0n) is 9.42. The summed E-state index contributed by atoms with van der Waals surface area (Å²) < 4.78 is 4.97. The normalized spacial score (nSPS) is 12.8. The van der Waals surface area contributed by atoms with E-state index in [4.69, 9.17) is 10.00 Å². The molecule has 0 rings (SSSR count). The molecule has 1 unspecified atom stereocenters. The summed E-state index contributed by atoms with van der Waals surface area (Å²) in [6, 6.07) is 2.43. The van der Waals surface area contributed by atoms with E-state index in [1.807, 2.05) is 6.92 Å². The first-order valence-electron chi connectivity index (χ1n) is 4.98. The minimum absolute atomic E-state index is 0.288. The summed E-state index contributed by atoms with van der Waals surface area (Å²) in [7, 11) is 3.77. The van der Waals surface area contributed by atoms with Crippen LogP contribution in [0.15, 0.2) is 0 Å². The summed E-state index contributed by atoms with van der Waals surface area (Å²) in [6.45, 7) is 5.65. The quantitative estimate of drug-likeness (QED) is 0.617. The Bertz CT molecular complexity index is 167. The van der Waals surface area contributed by atoms with Crippen LogP contribution in [0.25, 0.3) is 0 Å². The van der Waals surface area contributed by atoms with Gasteiger partial charge < -0.3 is 15.0 Å². The van der Waals surface area contributed by atoms with Crippen molar-refractivity contribution in [1.29, 1.82) is 5.26 Å². The highest BCUT2D eigenvalue weighted by molar-refractivity contribution is 4.77. The summed E-state index contributed by atoms with van der Waals surface area (Å²) in [4.78, 5) is 2.20. The first-order chi connectivity index (χ1) is 6.70. The summed E-state index contributed by atoms with van der Waals surface area (Å²) in [6.07, 6.45) is 0.571. The highest BCUT2D eigenvalue weighted by Gasteiger charge is 2.01.